The minimum Gasteiger partial charge on any atom is -0.456 e. The standard InChI is InChI=1S/C16H13ClO2/c1-11-16(17,12-7-3-2-4-8-12)14-10-6-5-9-13(14)15(18)19-11/h2-11H,1H3. The molecule has 96 valence electrons. The summed E-state index contributed by atoms with van der Waals surface area (Å²) in [7, 11) is 0. The van der Waals surface area contributed by atoms with Gasteiger partial charge >= 0.3 is 5.97 Å². The summed E-state index contributed by atoms with van der Waals surface area (Å²) in [5.74, 6) is -0.310. The van der Waals surface area contributed by atoms with E-state index in [1.807, 2.05) is 55.5 Å². The molecule has 1 aliphatic heterocycles. The van der Waals surface area contributed by atoms with Crippen molar-refractivity contribution in [1.29, 1.82) is 0 Å². The molecule has 2 aromatic rings. The van der Waals surface area contributed by atoms with Gasteiger partial charge in [0.15, 0.2) is 0 Å². The van der Waals surface area contributed by atoms with Crippen molar-refractivity contribution in [2.45, 2.75) is 17.9 Å². The van der Waals surface area contributed by atoms with Gasteiger partial charge in [-0.2, -0.15) is 0 Å². The van der Waals surface area contributed by atoms with Gasteiger partial charge in [0.25, 0.3) is 0 Å². The molecule has 2 aromatic carbocycles. The van der Waals surface area contributed by atoms with Crippen molar-refractivity contribution < 1.29 is 9.53 Å². The number of carbonyl (C=O) groups is 1. The van der Waals surface area contributed by atoms with Crippen LogP contribution in [0.5, 0.6) is 0 Å². The molecule has 2 nitrogen and oxygen atoms in total. The normalized spacial score (nSPS) is 25.6. The molecule has 3 heteroatoms. The molecule has 0 N–H and O–H groups in total. The molecule has 19 heavy (non-hydrogen) atoms. The lowest BCUT2D eigenvalue weighted by molar-refractivity contribution is 0.0215. The van der Waals surface area contributed by atoms with Crippen LogP contribution < -0.4 is 0 Å². The maximum absolute atomic E-state index is 11.9. The van der Waals surface area contributed by atoms with Crippen molar-refractivity contribution >= 4 is 17.6 Å². The highest BCUT2D eigenvalue weighted by molar-refractivity contribution is 6.27. The Morgan fingerprint density at radius 2 is 1.68 bits per heavy atom. The number of cyclic esters (lactones) is 1. The van der Waals surface area contributed by atoms with E-state index in [-0.39, 0.29) is 5.97 Å². The first-order valence-electron chi connectivity index (χ1n) is 6.19. The third kappa shape index (κ3) is 1.75. The van der Waals surface area contributed by atoms with Crippen LogP contribution in [0.15, 0.2) is 54.6 Å². The van der Waals surface area contributed by atoms with Crippen molar-refractivity contribution in [3.63, 3.8) is 0 Å². The number of esters is 1. The second-order valence-electron chi connectivity index (χ2n) is 4.67. The second kappa shape index (κ2) is 4.39. The first-order valence-corrected chi connectivity index (χ1v) is 6.56. The zero-order valence-electron chi connectivity index (χ0n) is 10.5. The van der Waals surface area contributed by atoms with Crippen LogP contribution in [0.4, 0.5) is 0 Å². The summed E-state index contributed by atoms with van der Waals surface area (Å²) in [6.45, 7) is 1.83. The molecule has 1 aliphatic rings. The van der Waals surface area contributed by atoms with Gasteiger partial charge in [0.2, 0.25) is 0 Å². The number of hydrogen-bond acceptors (Lipinski definition) is 2. The first-order chi connectivity index (χ1) is 9.14. The summed E-state index contributed by atoms with van der Waals surface area (Å²) in [5, 5.41) is 0. The molecular weight excluding hydrogens is 260 g/mol. The zero-order chi connectivity index (χ0) is 13.5. The largest absolute Gasteiger partial charge is 0.456 e. The Hall–Kier alpha value is -1.80. The summed E-state index contributed by atoms with van der Waals surface area (Å²) in [6, 6.07) is 17.1. The lowest BCUT2D eigenvalue weighted by Crippen LogP contribution is -2.42. The van der Waals surface area contributed by atoms with Crippen LogP contribution in [-0.4, -0.2) is 12.1 Å². The molecule has 0 amide bonds. The summed E-state index contributed by atoms with van der Waals surface area (Å²) in [6.07, 6.45) is -0.418. The van der Waals surface area contributed by atoms with Crippen LogP contribution in [0.1, 0.15) is 28.4 Å². The van der Waals surface area contributed by atoms with Crippen molar-refractivity contribution in [3.8, 4) is 0 Å². The fourth-order valence-corrected chi connectivity index (χ4v) is 2.91. The molecule has 0 bridgehead atoms. The predicted molar refractivity (Wildman–Crippen MR) is 74.4 cm³/mol. The number of rotatable bonds is 1. The third-order valence-corrected chi connectivity index (χ3v) is 4.31. The van der Waals surface area contributed by atoms with E-state index in [4.69, 9.17) is 16.3 Å². The van der Waals surface area contributed by atoms with Gasteiger partial charge in [0.05, 0.1) is 5.56 Å². The zero-order valence-corrected chi connectivity index (χ0v) is 11.2. The quantitative estimate of drug-likeness (QED) is 0.584. The van der Waals surface area contributed by atoms with Crippen molar-refractivity contribution in [2.24, 2.45) is 0 Å². The number of hydrogen-bond donors (Lipinski definition) is 0. The minimum atomic E-state index is -0.828. The lowest BCUT2D eigenvalue weighted by Gasteiger charge is -2.38. The molecule has 0 aromatic heterocycles. The van der Waals surface area contributed by atoms with Crippen LogP contribution >= 0.6 is 11.6 Å². The van der Waals surface area contributed by atoms with E-state index in [9.17, 15) is 4.79 Å². The molecule has 2 atom stereocenters. The molecule has 1 heterocycles. The Morgan fingerprint density at radius 3 is 2.42 bits per heavy atom. The van der Waals surface area contributed by atoms with Gasteiger partial charge in [-0.1, -0.05) is 48.5 Å². The number of carbonyl (C=O) groups excluding carboxylic acids is 1. The highest BCUT2D eigenvalue weighted by atomic mass is 35.5. The summed E-state index contributed by atoms with van der Waals surface area (Å²) in [5.41, 5.74) is 2.29. The van der Waals surface area contributed by atoms with E-state index >= 15 is 0 Å². The van der Waals surface area contributed by atoms with E-state index in [1.165, 1.54) is 0 Å². The van der Waals surface area contributed by atoms with Gasteiger partial charge in [-0.15, -0.1) is 11.6 Å². The van der Waals surface area contributed by atoms with Crippen LogP contribution in [-0.2, 0) is 9.61 Å². The molecule has 0 fully saturated rings. The average molecular weight is 273 g/mol. The van der Waals surface area contributed by atoms with E-state index < -0.39 is 11.0 Å². The first kappa shape index (κ1) is 12.2. The molecule has 0 aliphatic carbocycles. The summed E-state index contributed by atoms with van der Waals surface area (Å²) >= 11 is 6.87. The van der Waals surface area contributed by atoms with E-state index in [2.05, 4.69) is 0 Å². The lowest BCUT2D eigenvalue weighted by atomic mass is 9.82. The molecule has 0 radical (unpaired) electrons. The smallest absolute Gasteiger partial charge is 0.338 e. The monoisotopic (exact) mass is 272 g/mol. The van der Waals surface area contributed by atoms with Crippen LogP contribution in [0.25, 0.3) is 0 Å². The van der Waals surface area contributed by atoms with E-state index in [0.29, 0.717) is 5.56 Å². The number of benzene rings is 2. The van der Waals surface area contributed by atoms with Gasteiger partial charge in [0.1, 0.15) is 11.0 Å². The Bertz CT molecular complexity index is 624. The van der Waals surface area contributed by atoms with Crippen molar-refractivity contribution in [1.82, 2.24) is 0 Å². The molecule has 0 spiro atoms. The summed E-state index contributed by atoms with van der Waals surface area (Å²) in [4.78, 5) is 11.1. The van der Waals surface area contributed by atoms with Gasteiger partial charge in [0, 0.05) is 0 Å². The SMILES string of the molecule is CC1OC(=O)c2ccccc2C1(Cl)c1ccccc1. The van der Waals surface area contributed by atoms with Gasteiger partial charge in [-0.05, 0) is 24.1 Å². The Morgan fingerprint density at radius 1 is 1.05 bits per heavy atom. The highest BCUT2D eigenvalue weighted by Crippen LogP contribution is 2.45. The van der Waals surface area contributed by atoms with Gasteiger partial charge in [-0.3, -0.25) is 0 Å². The topological polar surface area (TPSA) is 26.3 Å². The van der Waals surface area contributed by atoms with Crippen molar-refractivity contribution in [3.05, 3.63) is 71.3 Å². The fourth-order valence-electron chi connectivity index (χ4n) is 2.57. The Labute approximate surface area is 117 Å². The maximum atomic E-state index is 11.9. The van der Waals surface area contributed by atoms with E-state index in [1.54, 1.807) is 6.07 Å². The minimum absolute atomic E-state index is 0.310. The second-order valence-corrected chi connectivity index (χ2v) is 5.27. The van der Waals surface area contributed by atoms with Crippen LogP contribution in [0, 0.1) is 0 Å². The fraction of sp³-hybridized carbons (Fsp3) is 0.188. The summed E-state index contributed by atoms with van der Waals surface area (Å²) < 4.78 is 5.41. The van der Waals surface area contributed by atoms with Crippen LogP contribution in [0.2, 0.25) is 0 Å². The molecule has 3 rings (SSSR count). The molecule has 0 saturated heterocycles. The number of alkyl halides is 1. The Kier molecular flexibility index (Phi) is 2.83. The molecule has 2 unspecified atom stereocenters. The average Bonchev–Trinajstić information content (AvgIpc) is 2.46. The van der Waals surface area contributed by atoms with Gasteiger partial charge in [-0.25, -0.2) is 4.79 Å². The van der Waals surface area contributed by atoms with E-state index in [0.717, 1.165) is 11.1 Å². The number of ether oxygens (including phenoxy) is 1. The number of halogens is 1. The molecule has 0 saturated carbocycles. The maximum Gasteiger partial charge on any atom is 0.338 e. The van der Waals surface area contributed by atoms with Gasteiger partial charge < -0.3 is 4.74 Å². The predicted octanol–water partition coefficient (Wildman–Crippen LogP) is 3.73. The third-order valence-electron chi connectivity index (χ3n) is 3.58. The van der Waals surface area contributed by atoms with Crippen molar-refractivity contribution in [2.75, 3.05) is 0 Å². The number of fused-ring (bicyclic) bond motifs is 1. The molecular formula is C16H13ClO2. The Balaban J connectivity index is 2.26. The highest BCUT2D eigenvalue weighted by Gasteiger charge is 2.46. The van der Waals surface area contributed by atoms with Crippen LogP contribution in [0.3, 0.4) is 0 Å².